The van der Waals surface area contributed by atoms with Gasteiger partial charge in [0.1, 0.15) is 6.04 Å². The first-order valence-corrected chi connectivity index (χ1v) is 8.96. The third-order valence-electron chi connectivity index (χ3n) is 4.51. The molecule has 3 atom stereocenters. The third-order valence-corrected chi connectivity index (χ3v) is 4.51. The summed E-state index contributed by atoms with van der Waals surface area (Å²) in [6.07, 6.45) is 0.446. The number of hydrogen-bond acceptors (Lipinski definition) is 3. The second-order valence-corrected chi connectivity index (χ2v) is 8.36. The lowest BCUT2D eigenvalue weighted by Crippen LogP contribution is -2.51. The summed E-state index contributed by atoms with van der Waals surface area (Å²) in [5.74, 6) is -0.135. The Bertz CT molecular complexity index is 634. The van der Waals surface area contributed by atoms with Crippen LogP contribution in [0, 0.1) is 11.3 Å². The molecular weight excluding hydrogens is 316 g/mol. The van der Waals surface area contributed by atoms with Crippen LogP contribution in [0.4, 0.5) is 0 Å². The van der Waals surface area contributed by atoms with Crippen LogP contribution in [0.1, 0.15) is 58.2 Å². The summed E-state index contributed by atoms with van der Waals surface area (Å²) < 4.78 is 0. The van der Waals surface area contributed by atoms with Crippen molar-refractivity contribution in [3.63, 3.8) is 0 Å². The van der Waals surface area contributed by atoms with Gasteiger partial charge in [0.05, 0.1) is 12.1 Å². The molecule has 0 bridgehead atoms. The van der Waals surface area contributed by atoms with Crippen molar-refractivity contribution in [3.05, 3.63) is 35.4 Å². The molecule has 0 radical (unpaired) electrons. The lowest BCUT2D eigenvalue weighted by Gasteiger charge is -2.27. The van der Waals surface area contributed by atoms with E-state index in [4.69, 9.17) is 0 Å². The largest absolute Gasteiger partial charge is 0.390 e. The molecular formula is C20H30N2O3. The van der Waals surface area contributed by atoms with Crippen LogP contribution in [0.15, 0.2) is 24.3 Å². The van der Waals surface area contributed by atoms with Crippen molar-refractivity contribution in [2.45, 2.75) is 65.6 Å². The Morgan fingerprint density at radius 1 is 1.24 bits per heavy atom. The molecule has 5 nitrogen and oxygen atoms in total. The van der Waals surface area contributed by atoms with E-state index in [0.717, 1.165) is 11.1 Å². The second-order valence-electron chi connectivity index (χ2n) is 8.36. The van der Waals surface area contributed by atoms with Crippen molar-refractivity contribution in [2.75, 3.05) is 0 Å². The minimum absolute atomic E-state index is 0.152. The lowest BCUT2D eigenvalue weighted by molar-refractivity contribution is -0.134. The first-order valence-electron chi connectivity index (χ1n) is 8.96. The summed E-state index contributed by atoms with van der Waals surface area (Å²) in [4.78, 5) is 25.1. The second kappa shape index (κ2) is 7.56. The molecule has 1 aliphatic carbocycles. The monoisotopic (exact) mass is 346 g/mol. The van der Waals surface area contributed by atoms with Gasteiger partial charge in [-0.2, -0.15) is 0 Å². The zero-order valence-electron chi connectivity index (χ0n) is 15.8. The summed E-state index contributed by atoms with van der Waals surface area (Å²) in [5, 5.41) is 16.1. The Balaban J connectivity index is 2.13. The van der Waals surface area contributed by atoms with E-state index in [0.29, 0.717) is 12.8 Å². The highest BCUT2D eigenvalue weighted by atomic mass is 16.3. The van der Waals surface area contributed by atoms with Gasteiger partial charge in [-0.3, -0.25) is 9.59 Å². The SMILES string of the molecule is CC(C)C[C@H](NC(=O)C(C)(C)C)C(=O)N[C@@H]1c2ccccc2C[C@@H]1O. The van der Waals surface area contributed by atoms with Crippen molar-refractivity contribution in [3.8, 4) is 0 Å². The lowest BCUT2D eigenvalue weighted by atomic mass is 9.94. The number of fused-ring (bicyclic) bond motifs is 1. The minimum atomic E-state index is -0.639. The van der Waals surface area contributed by atoms with Crippen LogP contribution in [0.3, 0.4) is 0 Å². The van der Waals surface area contributed by atoms with Crippen LogP contribution in [-0.2, 0) is 16.0 Å². The number of rotatable bonds is 5. The Labute approximate surface area is 150 Å². The molecule has 5 heteroatoms. The number of carbonyl (C=O) groups is 2. The summed E-state index contributed by atoms with van der Waals surface area (Å²) in [5.41, 5.74) is 1.45. The van der Waals surface area contributed by atoms with E-state index < -0.39 is 23.6 Å². The molecule has 0 heterocycles. The highest BCUT2D eigenvalue weighted by Crippen LogP contribution is 2.31. The molecule has 25 heavy (non-hydrogen) atoms. The maximum absolute atomic E-state index is 12.8. The van der Waals surface area contributed by atoms with E-state index in [1.54, 1.807) is 0 Å². The number of benzene rings is 1. The van der Waals surface area contributed by atoms with E-state index in [1.165, 1.54) is 0 Å². The Morgan fingerprint density at radius 3 is 2.48 bits per heavy atom. The summed E-state index contributed by atoms with van der Waals surface area (Å²) in [6, 6.07) is 6.71. The smallest absolute Gasteiger partial charge is 0.243 e. The molecule has 0 aromatic heterocycles. The van der Waals surface area contributed by atoms with E-state index in [-0.39, 0.29) is 17.7 Å². The van der Waals surface area contributed by atoms with Gasteiger partial charge in [0, 0.05) is 11.8 Å². The van der Waals surface area contributed by atoms with E-state index in [9.17, 15) is 14.7 Å². The average molecular weight is 346 g/mol. The van der Waals surface area contributed by atoms with Gasteiger partial charge in [-0.15, -0.1) is 0 Å². The predicted octanol–water partition coefficient (Wildman–Crippen LogP) is 2.34. The Morgan fingerprint density at radius 2 is 1.88 bits per heavy atom. The fourth-order valence-corrected chi connectivity index (χ4v) is 3.08. The fraction of sp³-hybridized carbons (Fsp3) is 0.600. The van der Waals surface area contributed by atoms with Gasteiger partial charge in [-0.25, -0.2) is 0 Å². The van der Waals surface area contributed by atoms with Gasteiger partial charge < -0.3 is 15.7 Å². The van der Waals surface area contributed by atoms with Gasteiger partial charge in [-0.1, -0.05) is 58.9 Å². The van der Waals surface area contributed by atoms with Crippen molar-refractivity contribution in [2.24, 2.45) is 11.3 Å². The maximum Gasteiger partial charge on any atom is 0.243 e. The normalized spacial score (nSPS) is 20.9. The zero-order chi connectivity index (χ0) is 18.8. The van der Waals surface area contributed by atoms with Crippen LogP contribution in [0.2, 0.25) is 0 Å². The molecule has 0 saturated heterocycles. The molecule has 0 aliphatic heterocycles. The van der Waals surface area contributed by atoms with Crippen LogP contribution >= 0.6 is 0 Å². The highest BCUT2D eigenvalue weighted by Gasteiger charge is 2.35. The molecule has 2 rings (SSSR count). The Kier molecular flexibility index (Phi) is 5.88. The minimum Gasteiger partial charge on any atom is -0.390 e. The highest BCUT2D eigenvalue weighted by molar-refractivity contribution is 5.89. The molecule has 1 aromatic carbocycles. The molecule has 0 unspecified atom stereocenters. The standard InChI is InChI=1S/C20H30N2O3/c1-12(2)10-15(21-19(25)20(3,4)5)18(24)22-17-14-9-7-6-8-13(14)11-16(17)23/h6-9,12,15-17,23H,10-11H2,1-5H3,(H,21,25)(H,22,24)/t15-,16-,17+/m0/s1. The first-order chi connectivity index (χ1) is 11.6. The van der Waals surface area contributed by atoms with E-state index in [2.05, 4.69) is 10.6 Å². The average Bonchev–Trinajstić information content (AvgIpc) is 2.81. The quantitative estimate of drug-likeness (QED) is 0.766. The Hall–Kier alpha value is -1.88. The van der Waals surface area contributed by atoms with Crippen molar-refractivity contribution in [1.82, 2.24) is 10.6 Å². The molecule has 3 N–H and O–H groups in total. The first kappa shape index (κ1) is 19.4. The maximum atomic E-state index is 12.8. The molecule has 0 saturated carbocycles. The van der Waals surface area contributed by atoms with Gasteiger partial charge in [0.2, 0.25) is 11.8 Å². The molecule has 0 spiro atoms. The van der Waals surface area contributed by atoms with Gasteiger partial charge in [-0.05, 0) is 23.5 Å². The topological polar surface area (TPSA) is 78.4 Å². The van der Waals surface area contributed by atoms with Crippen LogP contribution in [-0.4, -0.2) is 29.1 Å². The summed E-state index contributed by atoms with van der Waals surface area (Å²) in [7, 11) is 0. The fourth-order valence-electron chi connectivity index (χ4n) is 3.08. The van der Waals surface area contributed by atoms with Gasteiger partial charge >= 0.3 is 0 Å². The molecule has 2 amide bonds. The predicted molar refractivity (Wildman–Crippen MR) is 97.9 cm³/mol. The third kappa shape index (κ3) is 4.82. The number of nitrogens with one attached hydrogen (secondary N) is 2. The van der Waals surface area contributed by atoms with E-state index in [1.807, 2.05) is 58.9 Å². The van der Waals surface area contributed by atoms with Crippen molar-refractivity contribution < 1.29 is 14.7 Å². The number of aliphatic hydroxyl groups is 1. The summed E-state index contributed by atoms with van der Waals surface area (Å²) in [6.45, 7) is 9.50. The summed E-state index contributed by atoms with van der Waals surface area (Å²) >= 11 is 0. The molecule has 138 valence electrons. The molecule has 1 aliphatic rings. The molecule has 1 aromatic rings. The number of aliphatic hydroxyl groups excluding tert-OH is 1. The number of amides is 2. The van der Waals surface area contributed by atoms with Crippen LogP contribution < -0.4 is 10.6 Å². The zero-order valence-corrected chi connectivity index (χ0v) is 15.8. The van der Waals surface area contributed by atoms with E-state index >= 15 is 0 Å². The van der Waals surface area contributed by atoms with Crippen LogP contribution in [0.25, 0.3) is 0 Å². The van der Waals surface area contributed by atoms with Crippen LogP contribution in [0.5, 0.6) is 0 Å². The number of carbonyl (C=O) groups excluding carboxylic acids is 2. The van der Waals surface area contributed by atoms with Crippen molar-refractivity contribution >= 4 is 11.8 Å². The van der Waals surface area contributed by atoms with Gasteiger partial charge in [0.25, 0.3) is 0 Å². The van der Waals surface area contributed by atoms with Gasteiger partial charge in [0.15, 0.2) is 0 Å². The number of hydrogen-bond donors (Lipinski definition) is 3. The van der Waals surface area contributed by atoms with Crippen molar-refractivity contribution in [1.29, 1.82) is 0 Å². The molecule has 0 fully saturated rings.